The molecule has 2 N–H and O–H groups in total. The average molecular weight is 844 g/mol. The van der Waals surface area contributed by atoms with Gasteiger partial charge in [-0.3, -0.25) is 28.9 Å². The Morgan fingerprint density at radius 2 is 1.62 bits per heavy atom. The molecule has 2 aromatic carbocycles. The summed E-state index contributed by atoms with van der Waals surface area (Å²) in [5.74, 6) is -0.512. The van der Waals surface area contributed by atoms with E-state index in [9.17, 15) is 27.6 Å². The summed E-state index contributed by atoms with van der Waals surface area (Å²) in [7, 11) is 1.71. The predicted octanol–water partition coefficient (Wildman–Crippen LogP) is 6.76. The largest absolute Gasteiger partial charge is 0.390 e. The second-order valence-corrected chi connectivity index (χ2v) is 16.9. The molecule has 1 aliphatic carbocycles. The number of piperidine rings is 1. The molecule has 1 atom stereocenters. The molecule has 3 fully saturated rings. The van der Waals surface area contributed by atoms with Crippen LogP contribution in [0.3, 0.4) is 0 Å². The first-order valence-electron chi connectivity index (χ1n) is 21.8. The monoisotopic (exact) mass is 843 g/mol. The summed E-state index contributed by atoms with van der Waals surface area (Å²) in [6, 6.07) is 14.2. The highest BCUT2D eigenvalue weighted by Gasteiger charge is 2.31. The quantitative estimate of drug-likeness (QED) is 0.0818. The van der Waals surface area contributed by atoms with Gasteiger partial charge in [0.25, 0.3) is 0 Å². The standard InChI is InChI=1S/C45H56F3N9O4/c1-53-39-27-31(12-15-37(39)57(44(53)60)38-16-17-40(58)51-42(38)59)7-5-25-61-26-6-20-54-21-23-55(24-22-54)29-32-10-13-33(14-11-32)36-30-56(34-8-3-2-4-9-34)41-35(36)28-50-43(52-41)49-19-18-45(46,47)48/h10-15,27-28,30,34,38H,2-9,16-26,29H2,1H3,(H,49,50,52)(H,51,58,59)/t38-/m0/s1. The van der Waals surface area contributed by atoms with Gasteiger partial charge in [-0.15, -0.1) is 0 Å². The number of carbonyl (C=O) groups is 2. The van der Waals surface area contributed by atoms with E-state index < -0.39 is 24.5 Å². The van der Waals surface area contributed by atoms with E-state index in [0.717, 1.165) is 117 Å². The topological polar surface area (TPSA) is 132 Å². The number of carbonyl (C=O) groups excluding carboxylic acids is 2. The molecule has 0 radical (unpaired) electrons. The summed E-state index contributed by atoms with van der Waals surface area (Å²) >= 11 is 0. The van der Waals surface area contributed by atoms with Crippen molar-refractivity contribution in [2.45, 2.75) is 95.4 Å². The summed E-state index contributed by atoms with van der Waals surface area (Å²) in [6.45, 7) is 7.02. The normalized spacial score (nSPS) is 18.7. The third-order valence-corrected chi connectivity index (χ3v) is 12.6. The van der Waals surface area contributed by atoms with Crippen LogP contribution in [0.25, 0.3) is 33.2 Å². The second-order valence-electron chi connectivity index (χ2n) is 16.9. The van der Waals surface area contributed by atoms with Crippen LogP contribution in [0.5, 0.6) is 0 Å². The average Bonchev–Trinajstić information content (AvgIpc) is 3.75. The molecule has 5 heterocycles. The maximum absolute atomic E-state index is 13.1. The third kappa shape index (κ3) is 10.2. The first-order chi connectivity index (χ1) is 29.5. The zero-order valence-corrected chi connectivity index (χ0v) is 34.9. The zero-order valence-electron chi connectivity index (χ0n) is 34.9. The number of rotatable bonds is 16. The van der Waals surface area contributed by atoms with Gasteiger partial charge in [-0.2, -0.15) is 18.2 Å². The number of aromatic nitrogens is 5. The summed E-state index contributed by atoms with van der Waals surface area (Å²) in [5, 5.41) is 6.03. The Kier molecular flexibility index (Phi) is 13.2. The van der Waals surface area contributed by atoms with Crippen LogP contribution in [-0.4, -0.2) is 104 Å². The lowest BCUT2D eigenvalue weighted by Crippen LogP contribution is -2.46. The van der Waals surface area contributed by atoms with Crippen LogP contribution < -0.4 is 16.3 Å². The number of fused-ring (bicyclic) bond motifs is 2. The van der Waals surface area contributed by atoms with E-state index in [-0.39, 0.29) is 30.5 Å². The molecule has 0 unspecified atom stereocenters. The Morgan fingerprint density at radius 3 is 2.38 bits per heavy atom. The molecule has 0 spiro atoms. The van der Waals surface area contributed by atoms with Gasteiger partial charge in [0, 0.05) is 102 Å². The van der Waals surface area contributed by atoms with Crippen LogP contribution in [0.15, 0.2) is 59.7 Å². The first-order valence-corrected chi connectivity index (χ1v) is 21.8. The fourth-order valence-electron chi connectivity index (χ4n) is 9.18. The lowest BCUT2D eigenvalue weighted by atomic mass is 9.95. The number of hydrogen-bond donors (Lipinski definition) is 2. The van der Waals surface area contributed by atoms with Crippen LogP contribution >= 0.6 is 0 Å². The molecule has 2 saturated heterocycles. The van der Waals surface area contributed by atoms with Crippen molar-refractivity contribution >= 4 is 39.8 Å². The minimum atomic E-state index is -4.24. The lowest BCUT2D eigenvalue weighted by Gasteiger charge is -2.34. The molecule has 1 saturated carbocycles. The Labute approximate surface area is 353 Å². The van der Waals surface area contributed by atoms with Gasteiger partial charge >= 0.3 is 11.9 Å². The van der Waals surface area contributed by atoms with Crippen molar-refractivity contribution in [1.29, 1.82) is 0 Å². The van der Waals surface area contributed by atoms with Crippen LogP contribution in [0.4, 0.5) is 19.1 Å². The summed E-state index contributed by atoms with van der Waals surface area (Å²) in [6.07, 6.45) is 7.56. The minimum absolute atomic E-state index is 0.215. The van der Waals surface area contributed by atoms with Crippen molar-refractivity contribution < 1.29 is 27.5 Å². The van der Waals surface area contributed by atoms with Crippen molar-refractivity contribution in [3.8, 4) is 11.1 Å². The number of amides is 2. The number of anilines is 1. The van der Waals surface area contributed by atoms with Gasteiger partial charge in [-0.1, -0.05) is 49.6 Å². The molecule has 326 valence electrons. The lowest BCUT2D eigenvalue weighted by molar-refractivity contribution is -0.136. The number of nitrogens with one attached hydrogen (secondary N) is 2. The number of halogens is 3. The molecule has 2 aliphatic heterocycles. The molecule has 13 nitrogen and oxygen atoms in total. The summed E-state index contributed by atoms with van der Waals surface area (Å²) < 4.78 is 49.6. The van der Waals surface area contributed by atoms with Crippen molar-refractivity contribution in [3.63, 3.8) is 0 Å². The Hall–Kier alpha value is -5.06. The molecule has 2 amide bonds. The molecule has 3 aliphatic rings. The molecular weight excluding hydrogens is 788 g/mol. The van der Waals surface area contributed by atoms with Crippen molar-refractivity contribution in [3.05, 3.63) is 76.5 Å². The van der Waals surface area contributed by atoms with E-state index in [1.807, 2.05) is 18.2 Å². The minimum Gasteiger partial charge on any atom is -0.381 e. The number of imide groups is 1. The summed E-state index contributed by atoms with van der Waals surface area (Å²) in [5.41, 5.74) is 6.44. The molecule has 3 aromatic heterocycles. The number of alkyl halides is 3. The molecule has 0 bridgehead atoms. The van der Waals surface area contributed by atoms with Gasteiger partial charge in [0.1, 0.15) is 11.7 Å². The Morgan fingerprint density at radius 1 is 0.885 bits per heavy atom. The van der Waals surface area contributed by atoms with Gasteiger partial charge in [-0.05, 0) is 67.3 Å². The maximum Gasteiger partial charge on any atom is 0.390 e. The van der Waals surface area contributed by atoms with Crippen LogP contribution in [0.1, 0.15) is 87.4 Å². The smallest absolute Gasteiger partial charge is 0.381 e. The van der Waals surface area contributed by atoms with Crippen molar-refractivity contribution in [2.75, 3.05) is 57.8 Å². The van der Waals surface area contributed by atoms with Gasteiger partial charge in [0.05, 0.1) is 17.5 Å². The highest BCUT2D eigenvalue weighted by molar-refractivity contribution is 6.00. The van der Waals surface area contributed by atoms with E-state index in [1.165, 1.54) is 16.6 Å². The molecule has 5 aromatic rings. The van der Waals surface area contributed by atoms with Gasteiger partial charge < -0.3 is 19.5 Å². The van der Waals surface area contributed by atoms with E-state index in [2.05, 4.69) is 60.4 Å². The molecule has 61 heavy (non-hydrogen) atoms. The Balaban J connectivity index is 0.766. The van der Waals surface area contributed by atoms with Crippen LogP contribution in [0, 0.1) is 0 Å². The van der Waals surface area contributed by atoms with Gasteiger partial charge in [0.2, 0.25) is 17.8 Å². The molecule has 8 rings (SSSR count). The fraction of sp³-hybridized carbons (Fsp3) is 0.533. The third-order valence-electron chi connectivity index (χ3n) is 12.6. The highest BCUT2D eigenvalue weighted by atomic mass is 19.4. The van der Waals surface area contributed by atoms with E-state index >= 15 is 0 Å². The van der Waals surface area contributed by atoms with Crippen molar-refractivity contribution in [1.82, 2.24) is 38.8 Å². The number of nitrogens with zero attached hydrogens (tertiary/aromatic N) is 7. The Bertz CT molecular complexity index is 2370. The van der Waals surface area contributed by atoms with E-state index in [0.29, 0.717) is 31.2 Å². The summed E-state index contributed by atoms with van der Waals surface area (Å²) in [4.78, 5) is 51.3. The van der Waals surface area contributed by atoms with Crippen LogP contribution in [-0.2, 0) is 34.3 Å². The predicted molar refractivity (Wildman–Crippen MR) is 228 cm³/mol. The highest BCUT2D eigenvalue weighted by Crippen LogP contribution is 2.37. The van der Waals surface area contributed by atoms with Gasteiger partial charge in [-0.25, -0.2) is 9.78 Å². The number of imidazole rings is 1. The zero-order chi connectivity index (χ0) is 42.5. The second kappa shape index (κ2) is 18.9. The van der Waals surface area contributed by atoms with Crippen molar-refractivity contribution in [2.24, 2.45) is 7.05 Å². The first kappa shape index (κ1) is 42.6. The van der Waals surface area contributed by atoms with E-state index in [4.69, 9.17) is 9.72 Å². The number of aryl methyl sites for hydroxylation is 2. The van der Waals surface area contributed by atoms with Gasteiger partial charge in [0.15, 0.2) is 0 Å². The SMILES string of the molecule is Cn1c(=O)n([C@H]2CCC(=O)NC2=O)c2ccc(CCCOCCCN3CCN(Cc4ccc(-c5cn(C6CCCCC6)c6nc(NCCC(F)(F)F)ncc56)cc4)CC3)cc21. The molecular formula is C45H56F3N9O4. The number of ether oxygens (including phenoxy) is 1. The number of benzene rings is 2. The molecule has 16 heteroatoms. The maximum atomic E-state index is 13.1. The van der Waals surface area contributed by atoms with Crippen LogP contribution in [0.2, 0.25) is 0 Å². The fourth-order valence-corrected chi connectivity index (χ4v) is 9.18. The number of hydrogen-bond acceptors (Lipinski definition) is 9. The van der Waals surface area contributed by atoms with E-state index in [1.54, 1.807) is 17.8 Å². The number of piperazine rings is 1.